The lowest BCUT2D eigenvalue weighted by molar-refractivity contribution is -0.220. The Bertz CT molecular complexity index is 1220. The summed E-state index contributed by atoms with van der Waals surface area (Å²) >= 11 is 0. The molecule has 2 aliphatic heterocycles. The maximum Gasteiger partial charge on any atom is 0.342 e. The number of carbonyl (C=O) groups excluding carboxylic acids is 5. The van der Waals surface area contributed by atoms with Gasteiger partial charge in [0.05, 0.1) is 0 Å². The fourth-order valence-corrected chi connectivity index (χ4v) is 6.81. The molecule has 0 amide bonds. The fourth-order valence-electron chi connectivity index (χ4n) is 6.81. The van der Waals surface area contributed by atoms with Crippen molar-refractivity contribution in [1.82, 2.24) is 0 Å². The molecule has 0 radical (unpaired) electrons. The van der Waals surface area contributed by atoms with Gasteiger partial charge in [-0.1, -0.05) is 19.9 Å². The summed E-state index contributed by atoms with van der Waals surface area (Å²) in [7, 11) is 0. The molecule has 0 aromatic carbocycles. The van der Waals surface area contributed by atoms with Crippen molar-refractivity contribution in [3.05, 3.63) is 23.8 Å². The van der Waals surface area contributed by atoms with Crippen molar-refractivity contribution in [1.29, 1.82) is 0 Å². The lowest BCUT2D eigenvalue weighted by Gasteiger charge is -2.55. The fraction of sp³-hybridized carbons (Fsp3) is 0.690. The second-order valence-electron chi connectivity index (χ2n) is 11.8. The summed E-state index contributed by atoms with van der Waals surface area (Å²) in [5, 5.41) is 12.2. The van der Waals surface area contributed by atoms with Gasteiger partial charge in [0.2, 0.25) is 0 Å². The molecule has 2 aliphatic carbocycles. The van der Waals surface area contributed by atoms with Crippen molar-refractivity contribution in [2.24, 2.45) is 11.3 Å². The zero-order chi connectivity index (χ0) is 30.7. The van der Waals surface area contributed by atoms with Gasteiger partial charge < -0.3 is 33.5 Å². The molecule has 41 heavy (non-hydrogen) atoms. The van der Waals surface area contributed by atoms with Gasteiger partial charge in [-0.25, -0.2) is 4.79 Å². The quantitative estimate of drug-likeness (QED) is 0.218. The first-order chi connectivity index (χ1) is 18.9. The summed E-state index contributed by atoms with van der Waals surface area (Å²) < 4.78 is 34.9. The van der Waals surface area contributed by atoms with Crippen LogP contribution in [-0.4, -0.2) is 82.3 Å². The standard InChI is InChI=1S/C29H38O12/c1-9-22(33)39-18-13-20(37-16(4)31)26(6)11-10-19(36-15(3)30)27(7,35)23(26)24(38-17(5)32)29-21(12-14(18)2)40-25(34)28(29,8)41-29/h10-12,18-21,23-24,35H,9,13H2,1-8H3/b14-12-/t18-,19-,20+,21+,23-,24+,26-,27+,28+,29+/m1/s1. The highest BCUT2D eigenvalue weighted by molar-refractivity contribution is 5.89. The predicted octanol–water partition coefficient (Wildman–Crippen LogP) is 1.85. The van der Waals surface area contributed by atoms with Crippen LogP contribution in [0, 0.1) is 11.3 Å². The van der Waals surface area contributed by atoms with Gasteiger partial charge in [-0.2, -0.15) is 0 Å². The Morgan fingerprint density at radius 3 is 2.15 bits per heavy atom. The van der Waals surface area contributed by atoms with Crippen LogP contribution in [0.1, 0.15) is 68.2 Å². The van der Waals surface area contributed by atoms with E-state index in [0.717, 1.165) is 0 Å². The van der Waals surface area contributed by atoms with Crippen molar-refractivity contribution in [3.8, 4) is 0 Å². The number of aliphatic hydroxyl groups is 1. The van der Waals surface area contributed by atoms with Gasteiger partial charge in [0.1, 0.15) is 30.0 Å². The van der Waals surface area contributed by atoms with Gasteiger partial charge in [0.25, 0.3) is 0 Å². The normalized spacial score (nSPS) is 44.0. The maximum absolute atomic E-state index is 13.1. The number of ether oxygens (including phenoxy) is 6. The highest BCUT2D eigenvalue weighted by Gasteiger charge is 2.87. The molecule has 12 nitrogen and oxygen atoms in total. The smallest absolute Gasteiger partial charge is 0.342 e. The lowest BCUT2D eigenvalue weighted by Crippen LogP contribution is -2.67. The number of rotatable bonds is 5. The van der Waals surface area contributed by atoms with E-state index in [2.05, 4.69) is 0 Å². The summed E-state index contributed by atoms with van der Waals surface area (Å²) in [4.78, 5) is 62.7. The van der Waals surface area contributed by atoms with Crippen molar-refractivity contribution in [3.63, 3.8) is 0 Å². The second kappa shape index (κ2) is 10.2. The Morgan fingerprint density at radius 2 is 1.61 bits per heavy atom. The molecule has 2 fully saturated rings. The third-order valence-electron chi connectivity index (χ3n) is 8.86. The van der Waals surface area contributed by atoms with E-state index in [4.69, 9.17) is 28.4 Å². The Morgan fingerprint density at radius 1 is 1.00 bits per heavy atom. The highest BCUT2D eigenvalue weighted by atomic mass is 16.7. The minimum absolute atomic E-state index is 0.0438. The summed E-state index contributed by atoms with van der Waals surface area (Å²) in [6.07, 6.45) is -0.910. The monoisotopic (exact) mass is 578 g/mol. The molecule has 2 saturated heterocycles. The van der Waals surface area contributed by atoms with Gasteiger partial charge in [-0.3, -0.25) is 19.2 Å². The maximum atomic E-state index is 13.1. The first-order valence-electron chi connectivity index (χ1n) is 13.7. The molecule has 0 unspecified atom stereocenters. The molecule has 2 heterocycles. The van der Waals surface area contributed by atoms with Crippen LogP contribution in [0.4, 0.5) is 0 Å². The minimum atomic E-state index is -1.96. The topological polar surface area (TPSA) is 164 Å². The number of carbonyl (C=O) groups is 5. The van der Waals surface area contributed by atoms with Crippen LogP contribution in [0.3, 0.4) is 0 Å². The van der Waals surface area contributed by atoms with Gasteiger partial charge in [-0.05, 0) is 38.5 Å². The molecule has 1 spiro atoms. The van der Waals surface area contributed by atoms with Gasteiger partial charge >= 0.3 is 29.8 Å². The Kier molecular flexibility index (Phi) is 7.66. The number of fused-ring (bicyclic) bond motifs is 1. The molecule has 4 aliphatic rings. The summed E-state index contributed by atoms with van der Waals surface area (Å²) in [5.41, 5.74) is -5.99. The Labute approximate surface area is 238 Å². The molecule has 0 saturated carbocycles. The van der Waals surface area contributed by atoms with E-state index in [1.807, 2.05) is 0 Å². The third kappa shape index (κ3) is 4.84. The van der Waals surface area contributed by atoms with E-state index >= 15 is 0 Å². The largest absolute Gasteiger partial charge is 0.461 e. The molecule has 0 bridgehead atoms. The average molecular weight is 579 g/mol. The minimum Gasteiger partial charge on any atom is -0.461 e. The number of hydrogen-bond acceptors (Lipinski definition) is 12. The molecular formula is C29H38O12. The Hall–Kier alpha value is -3.25. The van der Waals surface area contributed by atoms with Crippen LogP contribution in [0.15, 0.2) is 23.8 Å². The third-order valence-corrected chi connectivity index (χ3v) is 8.86. The van der Waals surface area contributed by atoms with E-state index < -0.39 is 88.5 Å². The van der Waals surface area contributed by atoms with Crippen molar-refractivity contribution < 1.29 is 57.5 Å². The van der Waals surface area contributed by atoms with Crippen LogP contribution in [-0.2, 0) is 52.4 Å². The van der Waals surface area contributed by atoms with E-state index in [9.17, 15) is 29.1 Å². The Balaban J connectivity index is 2.03. The van der Waals surface area contributed by atoms with Crippen LogP contribution in [0.5, 0.6) is 0 Å². The van der Waals surface area contributed by atoms with E-state index in [0.29, 0.717) is 5.57 Å². The summed E-state index contributed by atoms with van der Waals surface area (Å²) in [6.45, 7) is 11.5. The van der Waals surface area contributed by atoms with Crippen molar-refractivity contribution in [2.75, 3.05) is 0 Å². The predicted molar refractivity (Wildman–Crippen MR) is 139 cm³/mol. The van der Waals surface area contributed by atoms with E-state index in [-0.39, 0.29) is 12.8 Å². The zero-order valence-corrected chi connectivity index (χ0v) is 24.5. The van der Waals surface area contributed by atoms with Crippen LogP contribution in [0.25, 0.3) is 0 Å². The first-order valence-corrected chi connectivity index (χ1v) is 13.7. The highest BCUT2D eigenvalue weighted by Crippen LogP contribution is 2.65. The van der Waals surface area contributed by atoms with Gasteiger partial charge in [0, 0.05) is 44.9 Å². The number of hydrogen-bond donors (Lipinski definition) is 1. The van der Waals surface area contributed by atoms with Crippen LogP contribution >= 0.6 is 0 Å². The summed E-state index contributed by atoms with van der Waals surface area (Å²) in [6, 6.07) is 0. The SMILES string of the molecule is CCC(=O)O[C@@H]1C[C@H](OC(C)=O)[C@@]2(C)C=C[C@@H](OC(C)=O)[C@](C)(O)[C@@H]2[C@H](OC(C)=O)[C@]23O[C@@]2(C)C(=O)O[C@H]3/C=C\1C. The van der Waals surface area contributed by atoms with Crippen LogP contribution < -0.4 is 0 Å². The lowest BCUT2D eigenvalue weighted by atomic mass is 9.55. The molecule has 1 N–H and O–H groups in total. The average Bonchev–Trinajstić information content (AvgIpc) is 3.44. The zero-order valence-electron chi connectivity index (χ0n) is 24.5. The molecule has 0 aromatic heterocycles. The molecule has 0 aromatic rings. The molecule has 4 rings (SSSR count). The van der Waals surface area contributed by atoms with Crippen LogP contribution in [0.2, 0.25) is 0 Å². The molecular weight excluding hydrogens is 540 g/mol. The van der Waals surface area contributed by atoms with Crippen molar-refractivity contribution >= 4 is 29.8 Å². The molecule has 226 valence electrons. The number of epoxide rings is 1. The molecule has 12 heteroatoms. The van der Waals surface area contributed by atoms with Gasteiger partial charge in [-0.15, -0.1) is 0 Å². The first kappa shape index (κ1) is 30.7. The van der Waals surface area contributed by atoms with E-state index in [1.54, 1.807) is 32.9 Å². The van der Waals surface area contributed by atoms with Gasteiger partial charge in [0.15, 0.2) is 17.3 Å². The second-order valence-corrected chi connectivity index (χ2v) is 11.8. The number of esters is 5. The van der Waals surface area contributed by atoms with E-state index in [1.165, 1.54) is 40.7 Å². The summed E-state index contributed by atoms with van der Waals surface area (Å²) in [5.74, 6) is -4.45. The van der Waals surface area contributed by atoms with Crippen molar-refractivity contribution in [2.45, 2.75) is 116 Å². The molecule has 10 atom stereocenters.